The summed E-state index contributed by atoms with van der Waals surface area (Å²) in [4.78, 5) is 42.0. The van der Waals surface area contributed by atoms with Crippen LogP contribution in [0.25, 0.3) is 0 Å². The fourth-order valence-corrected chi connectivity index (χ4v) is 3.54. The van der Waals surface area contributed by atoms with E-state index in [-0.39, 0.29) is 25.5 Å². The zero-order valence-corrected chi connectivity index (χ0v) is 18.4. The molecule has 1 aliphatic heterocycles. The number of aliphatic carboxylic acids is 1. The largest absolute Gasteiger partial charge is 0.492 e. The number of aromatic nitrogens is 1. The molecule has 1 fully saturated rings. The van der Waals surface area contributed by atoms with E-state index >= 15 is 0 Å². The van der Waals surface area contributed by atoms with Gasteiger partial charge in [-0.3, -0.25) is 9.78 Å². The molecule has 1 aromatic rings. The van der Waals surface area contributed by atoms with E-state index < -0.39 is 35.5 Å². The highest BCUT2D eigenvalue weighted by atomic mass is 79.9. The van der Waals surface area contributed by atoms with E-state index in [1.807, 2.05) is 0 Å². The normalized spacial score (nSPS) is 20.1. The molecule has 2 rings (SSSR count). The Kier molecular flexibility index (Phi) is 7.45. The maximum absolute atomic E-state index is 13.2. The van der Waals surface area contributed by atoms with Gasteiger partial charge in [-0.25, -0.2) is 9.59 Å². The van der Waals surface area contributed by atoms with Crippen LogP contribution in [0.4, 0.5) is 4.79 Å². The minimum absolute atomic E-state index is 0.169. The van der Waals surface area contributed by atoms with Crippen molar-refractivity contribution in [1.29, 1.82) is 0 Å². The first-order valence-corrected chi connectivity index (χ1v) is 9.93. The van der Waals surface area contributed by atoms with Crippen molar-refractivity contribution in [3.05, 3.63) is 22.9 Å². The van der Waals surface area contributed by atoms with Crippen LogP contribution in [-0.2, 0) is 14.3 Å². The van der Waals surface area contributed by atoms with E-state index in [9.17, 15) is 19.5 Å². The summed E-state index contributed by atoms with van der Waals surface area (Å²) >= 11 is 3.31. The standard InChI is InChI=1S/C19H26BrN3O6/c1-19(2,3)15(22-18(27)28-4)16(24)23-9-11(5-14(23)17(25)26)10-29-13-6-12(20)7-21-8-13/h6-8,11,14-15H,5,9-10H2,1-4H3,(H,22,27)(H,25,26). The Bertz CT molecular complexity index is 767. The third kappa shape index (κ3) is 6.06. The molecule has 1 aliphatic rings. The Labute approximate surface area is 177 Å². The van der Waals surface area contributed by atoms with Crippen molar-refractivity contribution in [3.63, 3.8) is 0 Å². The van der Waals surface area contributed by atoms with E-state index in [0.29, 0.717) is 5.75 Å². The van der Waals surface area contributed by atoms with E-state index in [2.05, 4.69) is 31.0 Å². The molecule has 160 valence electrons. The first-order chi connectivity index (χ1) is 13.5. The van der Waals surface area contributed by atoms with Gasteiger partial charge in [0.1, 0.15) is 17.8 Å². The SMILES string of the molecule is COC(=O)NC(C(=O)N1CC(COc2cncc(Br)c2)CC1C(=O)O)C(C)(C)C. The number of carboxylic acids is 1. The van der Waals surface area contributed by atoms with Crippen molar-refractivity contribution >= 4 is 33.9 Å². The Balaban J connectivity index is 2.13. The number of carbonyl (C=O) groups excluding carboxylic acids is 2. The van der Waals surface area contributed by atoms with E-state index in [4.69, 9.17) is 4.74 Å². The number of methoxy groups -OCH3 is 1. The van der Waals surface area contributed by atoms with Crippen molar-refractivity contribution in [2.24, 2.45) is 11.3 Å². The first-order valence-electron chi connectivity index (χ1n) is 9.14. The van der Waals surface area contributed by atoms with Gasteiger partial charge in [0.15, 0.2) is 0 Å². The van der Waals surface area contributed by atoms with Crippen LogP contribution >= 0.6 is 15.9 Å². The van der Waals surface area contributed by atoms with E-state index in [0.717, 1.165) is 4.47 Å². The lowest BCUT2D eigenvalue weighted by atomic mass is 9.85. The highest BCUT2D eigenvalue weighted by Gasteiger charge is 2.45. The molecule has 0 radical (unpaired) electrons. The summed E-state index contributed by atoms with van der Waals surface area (Å²) in [5.41, 5.74) is -0.634. The Hall–Kier alpha value is -2.36. The molecule has 2 heterocycles. The lowest BCUT2D eigenvalue weighted by molar-refractivity contribution is -0.150. The summed E-state index contributed by atoms with van der Waals surface area (Å²) < 4.78 is 11.1. The molecule has 0 bridgehead atoms. The third-order valence-corrected chi connectivity index (χ3v) is 5.12. The van der Waals surface area contributed by atoms with Crippen LogP contribution in [0.5, 0.6) is 5.75 Å². The van der Waals surface area contributed by atoms with Gasteiger partial charge in [-0.1, -0.05) is 20.8 Å². The second-order valence-corrected chi connectivity index (χ2v) is 8.95. The summed E-state index contributed by atoms with van der Waals surface area (Å²) in [7, 11) is 1.21. The molecular weight excluding hydrogens is 446 g/mol. The zero-order valence-electron chi connectivity index (χ0n) is 16.8. The van der Waals surface area contributed by atoms with E-state index in [1.54, 1.807) is 39.2 Å². The minimum atomic E-state index is -1.09. The molecule has 3 atom stereocenters. The number of carbonyl (C=O) groups is 3. The topological polar surface area (TPSA) is 118 Å². The summed E-state index contributed by atoms with van der Waals surface area (Å²) in [5, 5.41) is 12.2. The van der Waals surface area contributed by atoms with Crippen molar-refractivity contribution in [3.8, 4) is 5.75 Å². The fraction of sp³-hybridized carbons (Fsp3) is 0.579. The van der Waals surface area contributed by atoms with Crippen molar-refractivity contribution in [1.82, 2.24) is 15.2 Å². The second-order valence-electron chi connectivity index (χ2n) is 8.03. The van der Waals surface area contributed by atoms with E-state index in [1.165, 1.54) is 12.0 Å². The Morgan fingerprint density at radius 2 is 2.07 bits per heavy atom. The molecule has 9 nitrogen and oxygen atoms in total. The molecule has 1 aromatic heterocycles. The van der Waals surface area contributed by atoms with Crippen molar-refractivity contribution in [2.75, 3.05) is 20.3 Å². The highest BCUT2D eigenvalue weighted by Crippen LogP contribution is 2.29. The quantitative estimate of drug-likeness (QED) is 0.652. The Morgan fingerprint density at radius 1 is 1.38 bits per heavy atom. The summed E-state index contributed by atoms with van der Waals surface area (Å²) in [6.07, 6.45) is 2.71. The molecule has 2 N–H and O–H groups in total. The van der Waals surface area contributed by atoms with Crippen LogP contribution < -0.4 is 10.1 Å². The van der Waals surface area contributed by atoms with Gasteiger partial charge in [-0.05, 0) is 33.8 Å². The number of carboxylic acid groups (broad SMARTS) is 1. The lowest BCUT2D eigenvalue weighted by Crippen LogP contribution is -2.56. The number of amides is 2. The van der Waals surface area contributed by atoms with Crippen LogP contribution in [0.3, 0.4) is 0 Å². The number of ether oxygens (including phenoxy) is 2. The number of hydrogen-bond donors (Lipinski definition) is 2. The molecular formula is C19H26BrN3O6. The molecule has 1 saturated heterocycles. The smallest absolute Gasteiger partial charge is 0.407 e. The number of hydrogen-bond acceptors (Lipinski definition) is 6. The van der Waals surface area contributed by atoms with Gasteiger partial charge in [0.2, 0.25) is 5.91 Å². The maximum atomic E-state index is 13.2. The molecule has 2 amide bonds. The zero-order chi connectivity index (χ0) is 21.8. The molecule has 0 spiro atoms. The molecule has 10 heteroatoms. The lowest BCUT2D eigenvalue weighted by Gasteiger charge is -2.34. The predicted molar refractivity (Wildman–Crippen MR) is 107 cm³/mol. The third-order valence-electron chi connectivity index (χ3n) is 4.68. The molecule has 0 aromatic carbocycles. The average molecular weight is 472 g/mol. The van der Waals surface area contributed by atoms with Gasteiger partial charge >= 0.3 is 12.1 Å². The molecule has 0 aliphatic carbocycles. The van der Waals surface area contributed by atoms with Crippen LogP contribution in [0.2, 0.25) is 0 Å². The predicted octanol–water partition coefficient (Wildman–Crippen LogP) is 2.30. The van der Waals surface area contributed by atoms with Crippen LogP contribution in [0.1, 0.15) is 27.2 Å². The second kappa shape index (κ2) is 9.43. The number of nitrogens with one attached hydrogen (secondary N) is 1. The summed E-state index contributed by atoms with van der Waals surface area (Å²) in [5.74, 6) is -1.16. The molecule has 3 unspecified atom stereocenters. The molecule has 0 saturated carbocycles. The van der Waals surface area contributed by atoms with Crippen LogP contribution in [-0.4, -0.2) is 65.3 Å². The summed E-state index contributed by atoms with van der Waals surface area (Å²) in [6.45, 7) is 5.83. The molecule has 29 heavy (non-hydrogen) atoms. The van der Waals surface area contributed by atoms with Gasteiger partial charge in [0, 0.05) is 23.1 Å². The van der Waals surface area contributed by atoms with Gasteiger partial charge in [-0.15, -0.1) is 0 Å². The average Bonchev–Trinajstić information content (AvgIpc) is 3.07. The fourth-order valence-electron chi connectivity index (χ4n) is 3.20. The highest BCUT2D eigenvalue weighted by molar-refractivity contribution is 9.10. The van der Waals surface area contributed by atoms with Crippen LogP contribution in [0, 0.1) is 11.3 Å². The maximum Gasteiger partial charge on any atom is 0.407 e. The summed E-state index contributed by atoms with van der Waals surface area (Å²) in [6, 6.07) is -0.151. The number of nitrogens with zero attached hydrogens (tertiary/aromatic N) is 2. The number of alkyl carbamates (subject to hydrolysis) is 1. The van der Waals surface area contributed by atoms with Gasteiger partial charge in [0.05, 0.1) is 19.9 Å². The van der Waals surface area contributed by atoms with Gasteiger partial charge in [0.25, 0.3) is 0 Å². The van der Waals surface area contributed by atoms with Crippen molar-refractivity contribution < 1.29 is 29.0 Å². The number of halogens is 1. The van der Waals surface area contributed by atoms with Gasteiger partial charge in [-0.2, -0.15) is 0 Å². The first kappa shape index (κ1) is 22.9. The number of rotatable bonds is 6. The van der Waals surface area contributed by atoms with Crippen molar-refractivity contribution in [2.45, 2.75) is 39.3 Å². The minimum Gasteiger partial charge on any atom is -0.492 e. The van der Waals surface area contributed by atoms with Gasteiger partial charge < -0.3 is 24.8 Å². The Morgan fingerprint density at radius 3 is 2.62 bits per heavy atom. The van der Waals surface area contributed by atoms with Crippen LogP contribution in [0.15, 0.2) is 22.9 Å². The number of likely N-dealkylation sites (tertiary alicyclic amines) is 1. The monoisotopic (exact) mass is 471 g/mol. The number of pyridine rings is 1.